The average Bonchev–Trinajstić information content (AvgIpc) is 2.65. The number of nitrogens with two attached hydrogens (primary N) is 1. The van der Waals surface area contributed by atoms with E-state index in [0.717, 1.165) is 0 Å². The molecule has 9 nitrogen and oxygen atoms in total. The van der Waals surface area contributed by atoms with Crippen LogP contribution in [0.4, 0.5) is 5.69 Å². The van der Waals surface area contributed by atoms with Crippen LogP contribution in [0, 0.1) is 6.92 Å². The van der Waals surface area contributed by atoms with Crippen LogP contribution in [-0.4, -0.2) is 35.9 Å². The number of ether oxygens (including phenoxy) is 1. The molecule has 0 heterocycles. The highest BCUT2D eigenvalue weighted by Crippen LogP contribution is 2.22. The van der Waals surface area contributed by atoms with Gasteiger partial charge in [-0.05, 0) is 61.4 Å². The first-order valence-corrected chi connectivity index (χ1v) is 11.7. The Kier molecular flexibility index (Phi) is 7.36. The van der Waals surface area contributed by atoms with E-state index in [9.17, 15) is 21.6 Å². The van der Waals surface area contributed by atoms with Gasteiger partial charge in [0.1, 0.15) is 5.75 Å². The quantitative estimate of drug-likeness (QED) is 0.536. The summed E-state index contributed by atoms with van der Waals surface area (Å²) in [6.07, 6.45) is 0.680. The van der Waals surface area contributed by atoms with Gasteiger partial charge in [0, 0.05) is 12.2 Å². The van der Waals surface area contributed by atoms with Crippen LogP contribution in [0.5, 0.6) is 5.75 Å². The molecule has 0 aliphatic carbocycles. The lowest BCUT2D eigenvalue weighted by atomic mass is 10.2. The van der Waals surface area contributed by atoms with Gasteiger partial charge in [-0.25, -0.2) is 26.7 Å². The summed E-state index contributed by atoms with van der Waals surface area (Å²) < 4.78 is 54.7. The zero-order valence-electron chi connectivity index (χ0n) is 16.0. The molecule has 0 saturated carbocycles. The Morgan fingerprint density at radius 2 is 1.66 bits per heavy atom. The van der Waals surface area contributed by atoms with E-state index in [2.05, 4.69) is 10.0 Å². The summed E-state index contributed by atoms with van der Waals surface area (Å²) in [5.74, 6) is -0.0896. The largest absolute Gasteiger partial charge is 0.483 e. The molecule has 158 valence electrons. The average molecular weight is 442 g/mol. The van der Waals surface area contributed by atoms with E-state index in [1.54, 1.807) is 6.92 Å². The van der Waals surface area contributed by atoms with E-state index < -0.39 is 26.0 Å². The van der Waals surface area contributed by atoms with Gasteiger partial charge < -0.3 is 10.1 Å². The van der Waals surface area contributed by atoms with E-state index in [1.807, 2.05) is 6.92 Å². The molecule has 0 unspecified atom stereocenters. The summed E-state index contributed by atoms with van der Waals surface area (Å²) >= 11 is 0. The zero-order valence-corrected chi connectivity index (χ0v) is 17.6. The molecule has 29 heavy (non-hydrogen) atoms. The Morgan fingerprint density at radius 1 is 1.03 bits per heavy atom. The Hall–Kier alpha value is -2.47. The van der Waals surface area contributed by atoms with Crippen molar-refractivity contribution in [1.29, 1.82) is 0 Å². The minimum absolute atomic E-state index is 0.0640. The number of anilines is 1. The highest BCUT2D eigenvalue weighted by atomic mass is 32.2. The predicted molar refractivity (Wildman–Crippen MR) is 109 cm³/mol. The van der Waals surface area contributed by atoms with Gasteiger partial charge >= 0.3 is 0 Å². The van der Waals surface area contributed by atoms with Crippen molar-refractivity contribution < 1.29 is 26.4 Å². The fourth-order valence-electron chi connectivity index (χ4n) is 2.34. The van der Waals surface area contributed by atoms with Gasteiger partial charge in [0.05, 0.1) is 9.79 Å². The molecule has 0 aliphatic heterocycles. The summed E-state index contributed by atoms with van der Waals surface area (Å²) in [4.78, 5) is 12.1. The van der Waals surface area contributed by atoms with Gasteiger partial charge in [-0.2, -0.15) is 0 Å². The number of hydrogen-bond acceptors (Lipinski definition) is 6. The smallest absolute Gasteiger partial charge is 0.262 e. The van der Waals surface area contributed by atoms with E-state index in [0.29, 0.717) is 30.0 Å². The Labute approximate surface area is 170 Å². The zero-order chi connectivity index (χ0) is 21.7. The number of amides is 1. The first-order valence-electron chi connectivity index (χ1n) is 8.69. The van der Waals surface area contributed by atoms with Crippen molar-refractivity contribution >= 4 is 31.6 Å². The summed E-state index contributed by atoms with van der Waals surface area (Å²) in [6, 6.07) is 9.74. The molecule has 0 aromatic heterocycles. The molecule has 2 aromatic carbocycles. The summed E-state index contributed by atoms with van der Waals surface area (Å²) in [5.41, 5.74) is 0.945. The van der Waals surface area contributed by atoms with Crippen molar-refractivity contribution in [2.75, 3.05) is 18.5 Å². The second kappa shape index (κ2) is 9.35. The maximum absolute atomic E-state index is 12.1. The van der Waals surface area contributed by atoms with Crippen LogP contribution < -0.4 is 19.9 Å². The van der Waals surface area contributed by atoms with E-state index >= 15 is 0 Å². The molecule has 1 amide bonds. The molecule has 0 saturated heterocycles. The fourth-order valence-corrected chi connectivity index (χ4v) is 4.07. The fraction of sp³-hybridized carbons (Fsp3) is 0.278. The van der Waals surface area contributed by atoms with Crippen LogP contribution >= 0.6 is 0 Å². The van der Waals surface area contributed by atoms with Crippen molar-refractivity contribution in [2.45, 2.75) is 30.1 Å². The highest BCUT2D eigenvalue weighted by Gasteiger charge is 2.15. The third kappa shape index (κ3) is 6.53. The topological polar surface area (TPSA) is 145 Å². The lowest BCUT2D eigenvalue weighted by molar-refractivity contribution is -0.118. The van der Waals surface area contributed by atoms with Crippen molar-refractivity contribution in [3.05, 3.63) is 48.0 Å². The van der Waals surface area contributed by atoms with E-state index in [-0.39, 0.29) is 16.4 Å². The lowest BCUT2D eigenvalue weighted by Gasteiger charge is -2.12. The van der Waals surface area contributed by atoms with Crippen molar-refractivity contribution in [3.8, 4) is 5.75 Å². The highest BCUT2D eigenvalue weighted by molar-refractivity contribution is 7.89. The third-order valence-electron chi connectivity index (χ3n) is 3.82. The Balaban J connectivity index is 1.98. The minimum atomic E-state index is -3.80. The van der Waals surface area contributed by atoms with Gasteiger partial charge in [0.15, 0.2) is 6.61 Å². The molecule has 2 aromatic rings. The number of sulfonamides is 2. The van der Waals surface area contributed by atoms with Crippen LogP contribution in [0.2, 0.25) is 0 Å². The van der Waals surface area contributed by atoms with Crippen LogP contribution in [0.3, 0.4) is 0 Å². The summed E-state index contributed by atoms with van der Waals surface area (Å²) in [7, 11) is -7.39. The number of nitrogens with one attached hydrogen (secondary N) is 2. The van der Waals surface area contributed by atoms with E-state index in [4.69, 9.17) is 9.88 Å². The normalized spacial score (nSPS) is 11.8. The number of primary sulfonamides is 1. The van der Waals surface area contributed by atoms with Gasteiger partial charge in [-0.15, -0.1) is 0 Å². The second-order valence-corrected chi connectivity index (χ2v) is 9.56. The molecule has 4 N–H and O–H groups in total. The first-order chi connectivity index (χ1) is 13.5. The second-order valence-electron chi connectivity index (χ2n) is 6.23. The third-order valence-corrected chi connectivity index (χ3v) is 6.21. The van der Waals surface area contributed by atoms with Crippen molar-refractivity contribution in [2.24, 2.45) is 5.14 Å². The molecule has 0 bridgehead atoms. The summed E-state index contributed by atoms with van der Waals surface area (Å²) in [5, 5.41) is 7.58. The number of aryl methyl sites for hydroxylation is 1. The molecule has 0 radical (unpaired) electrons. The standard InChI is InChI=1S/C18H23N3O6S2/c1-3-10-20-29(25,26)16-8-9-17(13(2)11-16)27-12-18(22)21-14-4-6-15(7-5-14)28(19,23)24/h4-9,11,20H,3,10,12H2,1-2H3,(H,21,22)(H2,19,23,24). The molecular weight excluding hydrogens is 418 g/mol. The molecule has 11 heteroatoms. The number of benzene rings is 2. The molecule has 2 rings (SSSR count). The van der Waals surface area contributed by atoms with Gasteiger partial charge in [-0.3, -0.25) is 4.79 Å². The molecule has 0 spiro atoms. The monoisotopic (exact) mass is 441 g/mol. The molecular formula is C18H23N3O6S2. The maximum Gasteiger partial charge on any atom is 0.262 e. The van der Waals surface area contributed by atoms with Gasteiger partial charge in [0.2, 0.25) is 20.0 Å². The van der Waals surface area contributed by atoms with Crippen LogP contribution in [-0.2, 0) is 24.8 Å². The maximum atomic E-state index is 12.1. The van der Waals surface area contributed by atoms with Gasteiger partial charge in [-0.1, -0.05) is 6.92 Å². The van der Waals surface area contributed by atoms with Crippen molar-refractivity contribution in [1.82, 2.24) is 4.72 Å². The number of carbonyl (C=O) groups is 1. The SMILES string of the molecule is CCCNS(=O)(=O)c1ccc(OCC(=O)Nc2ccc(S(N)(=O)=O)cc2)c(C)c1. The van der Waals surface area contributed by atoms with E-state index in [1.165, 1.54) is 42.5 Å². The number of rotatable bonds is 9. The molecule has 0 fully saturated rings. The molecule has 0 aliphatic rings. The minimum Gasteiger partial charge on any atom is -0.483 e. The van der Waals surface area contributed by atoms with Crippen LogP contribution in [0.15, 0.2) is 52.3 Å². The summed E-state index contributed by atoms with van der Waals surface area (Å²) in [6.45, 7) is 3.58. The molecule has 0 atom stereocenters. The Bertz CT molecular complexity index is 1080. The number of hydrogen-bond donors (Lipinski definition) is 3. The number of carbonyl (C=O) groups excluding carboxylic acids is 1. The first kappa shape index (κ1) is 22.8. The lowest BCUT2D eigenvalue weighted by Crippen LogP contribution is -2.24. The Morgan fingerprint density at radius 3 is 2.21 bits per heavy atom. The van der Waals surface area contributed by atoms with Crippen LogP contribution in [0.1, 0.15) is 18.9 Å². The van der Waals surface area contributed by atoms with Crippen molar-refractivity contribution in [3.63, 3.8) is 0 Å². The van der Waals surface area contributed by atoms with Crippen LogP contribution in [0.25, 0.3) is 0 Å². The predicted octanol–water partition coefficient (Wildman–Crippen LogP) is 1.35. The van der Waals surface area contributed by atoms with Gasteiger partial charge in [0.25, 0.3) is 5.91 Å².